The first-order valence-electron chi connectivity index (χ1n) is 7.47. The van der Waals surface area contributed by atoms with Crippen molar-refractivity contribution in [2.75, 3.05) is 7.11 Å². The summed E-state index contributed by atoms with van der Waals surface area (Å²) in [6.07, 6.45) is 0. The Morgan fingerprint density at radius 2 is 1.84 bits per heavy atom. The SMILES string of the molecule is COC(=O)c1[nH]c2ccc(Cl)cc2c1S(=O)(=O)c1ccc(C)cc1C. The first-order chi connectivity index (χ1) is 11.8. The molecule has 0 aliphatic heterocycles. The van der Waals surface area contributed by atoms with Gasteiger partial charge in [0.05, 0.1) is 12.0 Å². The lowest BCUT2D eigenvalue weighted by molar-refractivity contribution is 0.0590. The van der Waals surface area contributed by atoms with Crippen LogP contribution in [0.5, 0.6) is 0 Å². The maximum absolute atomic E-state index is 13.3. The van der Waals surface area contributed by atoms with Crippen molar-refractivity contribution in [3.05, 3.63) is 58.2 Å². The molecule has 0 spiro atoms. The van der Waals surface area contributed by atoms with Crippen LogP contribution in [0, 0.1) is 13.8 Å². The maximum atomic E-state index is 13.3. The molecule has 0 aliphatic rings. The second-order valence-electron chi connectivity index (χ2n) is 5.78. The van der Waals surface area contributed by atoms with Crippen molar-refractivity contribution in [2.24, 2.45) is 0 Å². The van der Waals surface area contributed by atoms with E-state index in [9.17, 15) is 13.2 Å². The fourth-order valence-corrected chi connectivity index (χ4v) is 4.86. The number of aromatic nitrogens is 1. The van der Waals surface area contributed by atoms with Crippen LogP contribution in [0.3, 0.4) is 0 Å². The van der Waals surface area contributed by atoms with Gasteiger partial charge in [-0.25, -0.2) is 13.2 Å². The highest BCUT2D eigenvalue weighted by atomic mass is 35.5. The number of aryl methyl sites for hydroxylation is 2. The van der Waals surface area contributed by atoms with Crippen molar-refractivity contribution in [1.29, 1.82) is 0 Å². The zero-order valence-corrected chi connectivity index (χ0v) is 15.5. The van der Waals surface area contributed by atoms with Gasteiger partial charge in [-0.15, -0.1) is 0 Å². The van der Waals surface area contributed by atoms with Crippen molar-refractivity contribution in [2.45, 2.75) is 23.6 Å². The molecular formula is C18H16ClNO4S. The first kappa shape index (κ1) is 17.5. The summed E-state index contributed by atoms with van der Waals surface area (Å²) in [4.78, 5) is 15.0. The molecule has 0 saturated carbocycles. The van der Waals surface area contributed by atoms with Gasteiger partial charge in [-0.05, 0) is 43.7 Å². The molecule has 0 amide bonds. The molecule has 7 heteroatoms. The Morgan fingerprint density at radius 1 is 1.12 bits per heavy atom. The van der Waals surface area contributed by atoms with Crippen molar-refractivity contribution in [1.82, 2.24) is 4.98 Å². The second-order valence-corrected chi connectivity index (χ2v) is 8.07. The van der Waals surface area contributed by atoms with Gasteiger partial charge < -0.3 is 9.72 Å². The van der Waals surface area contributed by atoms with Crippen LogP contribution >= 0.6 is 11.6 Å². The molecule has 130 valence electrons. The van der Waals surface area contributed by atoms with Gasteiger partial charge in [-0.3, -0.25) is 0 Å². The van der Waals surface area contributed by atoms with Gasteiger partial charge >= 0.3 is 5.97 Å². The van der Waals surface area contributed by atoms with E-state index in [1.54, 1.807) is 37.3 Å². The molecule has 3 rings (SSSR count). The first-order valence-corrected chi connectivity index (χ1v) is 9.33. The average Bonchev–Trinajstić information content (AvgIpc) is 2.92. The highest BCUT2D eigenvalue weighted by molar-refractivity contribution is 7.91. The molecule has 5 nitrogen and oxygen atoms in total. The van der Waals surface area contributed by atoms with Gasteiger partial charge in [-0.2, -0.15) is 0 Å². The van der Waals surface area contributed by atoms with Crippen molar-refractivity contribution < 1.29 is 17.9 Å². The van der Waals surface area contributed by atoms with E-state index in [-0.39, 0.29) is 15.5 Å². The summed E-state index contributed by atoms with van der Waals surface area (Å²) in [5.41, 5.74) is 1.94. The third-order valence-electron chi connectivity index (χ3n) is 3.99. The fourth-order valence-electron chi connectivity index (χ4n) is 2.88. The third kappa shape index (κ3) is 2.92. The van der Waals surface area contributed by atoms with E-state index < -0.39 is 15.8 Å². The topological polar surface area (TPSA) is 76.2 Å². The molecular weight excluding hydrogens is 362 g/mol. The van der Waals surface area contributed by atoms with Crippen molar-refractivity contribution in [3.8, 4) is 0 Å². The van der Waals surface area contributed by atoms with Crippen LogP contribution in [0.15, 0.2) is 46.2 Å². The number of rotatable bonds is 3. The van der Waals surface area contributed by atoms with Gasteiger partial charge in [0.25, 0.3) is 0 Å². The number of hydrogen-bond donors (Lipinski definition) is 1. The molecule has 0 fully saturated rings. The Labute approximate surface area is 150 Å². The molecule has 1 aromatic heterocycles. The number of esters is 1. The number of carbonyl (C=O) groups is 1. The summed E-state index contributed by atoms with van der Waals surface area (Å²) in [6, 6.07) is 9.83. The molecule has 0 atom stereocenters. The number of methoxy groups -OCH3 is 1. The number of hydrogen-bond acceptors (Lipinski definition) is 4. The van der Waals surface area contributed by atoms with Gasteiger partial charge in [-0.1, -0.05) is 29.3 Å². The zero-order chi connectivity index (χ0) is 18.4. The van der Waals surface area contributed by atoms with E-state index in [4.69, 9.17) is 16.3 Å². The van der Waals surface area contributed by atoms with Gasteiger partial charge in [0.15, 0.2) is 0 Å². The normalized spacial score (nSPS) is 11.7. The minimum absolute atomic E-state index is 0.111. The van der Waals surface area contributed by atoms with Gasteiger partial charge in [0.1, 0.15) is 10.6 Å². The number of nitrogens with one attached hydrogen (secondary N) is 1. The van der Waals surface area contributed by atoms with Crippen LogP contribution in [0.25, 0.3) is 10.9 Å². The fraction of sp³-hybridized carbons (Fsp3) is 0.167. The smallest absolute Gasteiger partial charge is 0.355 e. The quantitative estimate of drug-likeness (QED) is 0.698. The Bertz CT molecular complexity index is 1100. The van der Waals surface area contributed by atoms with E-state index in [1.807, 2.05) is 6.92 Å². The standard InChI is InChI=1S/C18H16ClNO4S/c1-10-4-7-15(11(2)8-10)25(22,23)17-13-9-12(19)5-6-14(13)20-16(17)18(21)24-3/h4-9,20H,1-3H3. The summed E-state index contributed by atoms with van der Waals surface area (Å²) in [5.74, 6) is -0.754. The van der Waals surface area contributed by atoms with Gasteiger partial charge in [0.2, 0.25) is 9.84 Å². The van der Waals surface area contributed by atoms with Gasteiger partial charge in [0, 0.05) is 15.9 Å². The predicted molar refractivity (Wildman–Crippen MR) is 96.0 cm³/mol. The number of aromatic amines is 1. The number of fused-ring (bicyclic) bond motifs is 1. The molecule has 3 aromatic rings. The summed E-state index contributed by atoms with van der Waals surface area (Å²) < 4.78 is 31.4. The summed E-state index contributed by atoms with van der Waals surface area (Å²) in [5, 5.41) is 0.730. The van der Waals surface area contributed by atoms with E-state index in [1.165, 1.54) is 13.2 Å². The van der Waals surface area contributed by atoms with Crippen LogP contribution in [0.1, 0.15) is 21.6 Å². The number of sulfone groups is 1. The van der Waals surface area contributed by atoms with Crippen LogP contribution in [-0.4, -0.2) is 26.5 Å². The highest BCUT2D eigenvalue weighted by Gasteiger charge is 2.31. The number of H-pyrrole nitrogens is 1. The van der Waals surface area contributed by atoms with Crippen LogP contribution in [0.4, 0.5) is 0 Å². The van der Waals surface area contributed by atoms with E-state index in [2.05, 4.69) is 4.98 Å². The zero-order valence-electron chi connectivity index (χ0n) is 13.9. The largest absolute Gasteiger partial charge is 0.464 e. The maximum Gasteiger partial charge on any atom is 0.355 e. The van der Waals surface area contributed by atoms with Crippen LogP contribution in [0.2, 0.25) is 5.02 Å². The molecule has 1 N–H and O–H groups in total. The number of carbonyl (C=O) groups excluding carboxylic acids is 1. The molecule has 1 heterocycles. The molecule has 0 aliphatic carbocycles. The predicted octanol–water partition coefficient (Wildman–Crippen LogP) is 4.06. The Morgan fingerprint density at radius 3 is 2.48 bits per heavy atom. The molecule has 25 heavy (non-hydrogen) atoms. The lowest BCUT2D eigenvalue weighted by Crippen LogP contribution is -2.11. The van der Waals surface area contributed by atoms with Crippen molar-refractivity contribution >= 4 is 38.3 Å². The average molecular weight is 378 g/mol. The lowest BCUT2D eigenvalue weighted by Gasteiger charge is -2.10. The summed E-state index contributed by atoms with van der Waals surface area (Å²) >= 11 is 6.04. The number of benzene rings is 2. The molecule has 0 unspecified atom stereocenters. The molecule has 2 aromatic carbocycles. The minimum Gasteiger partial charge on any atom is -0.464 e. The van der Waals surface area contributed by atoms with E-state index in [0.717, 1.165) is 5.56 Å². The lowest BCUT2D eigenvalue weighted by atomic mass is 10.2. The number of halogens is 1. The molecule has 0 bridgehead atoms. The third-order valence-corrected chi connectivity index (χ3v) is 6.22. The minimum atomic E-state index is -3.96. The molecule has 0 saturated heterocycles. The summed E-state index contributed by atoms with van der Waals surface area (Å²) in [7, 11) is -2.76. The highest BCUT2D eigenvalue weighted by Crippen LogP contribution is 2.35. The van der Waals surface area contributed by atoms with E-state index >= 15 is 0 Å². The number of ether oxygens (including phenoxy) is 1. The van der Waals surface area contributed by atoms with E-state index in [0.29, 0.717) is 21.5 Å². The molecule has 0 radical (unpaired) electrons. The van der Waals surface area contributed by atoms with Crippen molar-refractivity contribution in [3.63, 3.8) is 0 Å². The van der Waals surface area contributed by atoms with Crippen LogP contribution < -0.4 is 0 Å². The monoisotopic (exact) mass is 377 g/mol. The Hall–Kier alpha value is -2.31. The Kier molecular flexibility index (Phi) is 4.34. The second kappa shape index (κ2) is 6.20. The summed E-state index contributed by atoms with van der Waals surface area (Å²) in [6.45, 7) is 3.61. The Balaban J connectivity index is 2.39. The van der Waals surface area contributed by atoms with Crippen LogP contribution in [-0.2, 0) is 14.6 Å².